The first kappa shape index (κ1) is 12.1. The minimum atomic E-state index is -1.38. The van der Waals surface area contributed by atoms with Gasteiger partial charge >= 0.3 is 5.97 Å². The normalized spacial score (nSPS) is 12.1. The Labute approximate surface area is 90.3 Å². The highest BCUT2D eigenvalue weighted by molar-refractivity contribution is 5.92. The van der Waals surface area contributed by atoms with E-state index in [9.17, 15) is 14.9 Å². The molecule has 0 aliphatic heterocycles. The summed E-state index contributed by atoms with van der Waals surface area (Å²) in [5.41, 5.74) is 4.85. The van der Waals surface area contributed by atoms with Crippen LogP contribution in [0.3, 0.4) is 0 Å². The van der Waals surface area contributed by atoms with Crippen LogP contribution < -0.4 is 5.73 Å². The van der Waals surface area contributed by atoms with E-state index in [1.165, 1.54) is 6.07 Å². The number of aliphatic hydroxyl groups is 1. The average Bonchev–Trinajstić information content (AvgIpc) is 2.26. The van der Waals surface area contributed by atoms with E-state index >= 15 is 0 Å². The molecule has 0 unspecified atom stereocenters. The Hall–Kier alpha value is -1.99. The molecule has 0 aliphatic carbocycles. The van der Waals surface area contributed by atoms with Crippen molar-refractivity contribution in [2.24, 2.45) is 5.73 Å². The standard InChI is InChI=1S/C9H10N2O5/c10-7(4-12)5-1-2-6(9(13)14)8(3-5)11(15)16/h1-3,7,12H,4,10H2,(H,13,14)/t7-/m0/s1. The highest BCUT2D eigenvalue weighted by atomic mass is 16.6. The van der Waals surface area contributed by atoms with E-state index in [0.29, 0.717) is 5.56 Å². The molecule has 16 heavy (non-hydrogen) atoms. The molecular formula is C9H10N2O5. The second kappa shape index (κ2) is 4.69. The van der Waals surface area contributed by atoms with Crippen LogP contribution in [0.25, 0.3) is 0 Å². The summed E-state index contributed by atoms with van der Waals surface area (Å²) in [7, 11) is 0. The third-order valence-corrected chi connectivity index (χ3v) is 2.07. The van der Waals surface area contributed by atoms with Crippen LogP contribution in [0.4, 0.5) is 5.69 Å². The lowest BCUT2D eigenvalue weighted by atomic mass is 10.0. The summed E-state index contributed by atoms with van der Waals surface area (Å²) >= 11 is 0. The fourth-order valence-corrected chi connectivity index (χ4v) is 1.22. The van der Waals surface area contributed by atoms with Gasteiger partial charge in [0.05, 0.1) is 17.6 Å². The van der Waals surface area contributed by atoms with E-state index < -0.39 is 28.2 Å². The highest BCUT2D eigenvalue weighted by Gasteiger charge is 2.21. The van der Waals surface area contributed by atoms with Crippen LogP contribution in [0.5, 0.6) is 0 Å². The number of rotatable bonds is 4. The van der Waals surface area contributed by atoms with Gasteiger partial charge in [-0.2, -0.15) is 0 Å². The van der Waals surface area contributed by atoms with E-state index in [0.717, 1.165) is 12.1 Å². The minimum absolute atomic E-state index is 0.319. The first-order valence-corrected chi connectivity index (χ1v) is 4.35. The van der Waals surface area contributed by atoms with Gasteiger partial charge < -0.3 is 15.9 Å². The lowest BCUT2D eigenvalue weighted by molar-refractivity contribution is -0.385. The third kappa shape index (κ3) is 2.33. The summed E-state index contributed by atoms with van der Waals surface area (Å²) in [6.45, 7) is -0.371. The number of carboxylic acids is 1. The summed E-state index contributed by atoms with van der Waals surface area (Å²) in [6.07, 6.45) is 0. The number of carboxylic acid groups (broad SMARTS) is 1. The quantitative estimate of drug-likeness (QED) is 0.500. The maximum Gasteiger partial charge on any atom is 0.342 e. The molecule has 0 aliphatic rings. The predicted octanol–water partition coefficient (Wildman–Crippen LogP) is 0.285. The molecule has 0 fully saturated rings. The van der Waals surface area contributed by atoms with Crippen molar-refractivity contribution in [3.8, 4) is 0 Å². The van der Waals surface area contributed by atoms with Gasteiger partial charge in [0, 0.05) is 6.07 Å². The van der Waals surface area contributed by atoms with Crippen molar-refractivity contribution in [2.45, 2.75) is 6.04 Å². The van der Waals surface area contributed by atoms with Crippen LogP contribution in [-0.2, 0) is 0 Å². The number of nitrogens with zero attached hydrogens (tertiary/aromatic N) is 1. The fraction of sp³-hybridized carbons (Fsp3) is 0.222. The van der Waals surface area contributed by atoms with Crippen LogP contribution in [0.15, 0.2) is 18.2 Å². The number of nitrogens with two attached hydrogens (primary N) is 1. The predicted molar refractivity (Wildman–Crippen MR) is 54.1 cm³/mol. The van der Waals surface area contributed by atoms with E-state index in [2.05, 4.69) is 0 Å². The summed E-state index contributed by atoms with van der Waals surface area (Å²) in [5, 5.41) is 28.1. The Kier molecular flexibility index (Phi) is 3.54. The van der Waals surface area contributed by atoms with E-state index in [1.54, 1.807) is 0 Å². The Balaban J connectivity index is 3.28. The molecule has 7 heteroatoms. The number of hydrogen-bond donors (Lipinski definition) is 3. The second-order valence-electron chi connectivity index (χ2n) is 3.13. The SMILES string of the molecule is N[C@@H](CO)c1ccc(C(=O)O)c([N+](=O)[O-])c1. The molecule has 0 amide bonds. The van der Waals surface area contributed by atoms with Crippen molar-refractivity contribution in [1.82, 2.24) is 0 Å². The number of nitro benzene ring substituents is 1. The fourth-order valence-electron chi connectivity index (χ4n) is 1.22. The Morgan fingerprint density at radius 3 is 2.62 bits per heavy atom. The Morgan fingerprint density at radius 2 is 2.19 bits per heavy atom. The minimum Gasteiger partial charge on any atom is -0.477 e. The van der Waals surface area contributed by atoms with E-state index in [-0.39, 0.29) is 6.61 Å². The molecule has 1 atom stereocenters. The van der Waals surface area contributed by atoms with Crippen molar-refractivity contribution >= 4 is 11.7 Å². The van der Waals surface area contributed by atoms with Gasteiger partial charge in [0.1, 0.15) is 5.56 Å². The summed E-state index contributed by atoms with van der Waals surface area (Å²) < 4.78 is 0. The van der Waals surface area contributed by atoms with Crippen molar-refractivity contribution in [3.63, 3.8) is 0 Å². The van der Waals surface area contributed by atoms with Crippen molar-refractivity contribution in [3.05, 3.63) is 39.4 Å². The molecule has 0 saturated carbocycles. The average molecular weight is 226 g/mol. The van der Waals surface area contributed by atoms with Gasteiger partial charge in [-0.25, -0.2) is 4.79 Å². The van der Waals surface area contributed by atoms with Crippen molar-refractivity contribution in [1.29, 1.82) is 0 Å². The summed E-state index contributed by atoms with van der Waals surface area (Å²) in [4.78, 5) is 20.5. The van der Waals surface area contributed by atoms with Crippen LogP contribution >= 0.6 is 0 Å². The van der Waals surface area contributed by atoms with Crippen LogP contribution in [-0.4, -0.2) is 27.7 Å². The lowest BCUT2D eigenvalue weighted by Crippen LogP contribution is -2.15. The molecular weight excluding hydrogens is 216 g/mol. The number of aromatic carboxylic acids is 1. The second-order valence-corrected chi connectivity index (χ2v) is 3.13. The maximum atomic E-state index is 10.7. The molecule has 86 valence electrons. The van der Waals surface area contributed by atoms with Gasteiger partial charge in [-0.05, 0) is 11.6 Å². The number of benzene rings is 1. The number of hydrogen-bond acceptors (Lipinski definition) is 5. The van der Waals surface area contributed by atoms with Crippen LogP contribution in [0.1, 0.15) is 22.0 Å². The van der Waals surface area contributed by atoms with Gasteiger partial charge in [0.25, 0.3) is 5.69 Å². The van der Waals surface area contributed by atoms with Gasteiger partial charge in [0.2, 0.25) is 0 Å². The molecule has 1 aromatic rings. The molecule has 0 radical (unpaired) electrons. The zero-order valence-electron chi connectivity index (χ0n) is 8.16. The zero-order chi connectivity index (χ0) is 12.3. The molecule has 0 heterocycles. The summed E-state index contributed by atoms with van der Waals surface area (Å²) in [5.74, 6) is -1.38. The van der Waals surface area contributed by atoms with Crippen molar-refractivity contribution < 1.29 is 19.9 Å². The van der Waals surface area contributed by atoms with Crippen LogP contribution in [0, 0.1) is 10.1 Å². The van der Waals surface area contributed by atoms with Crippen LogP contribution in [0.2, 0.25) is 0 Å². The molecule has 1 aromatic carbocycles. The van der Waals surface area contributed by atoms with Gasteiger partial charge in [-0.3, -0.25) is 10.1 Å². The molecule has 4 N–H and O–H groups in total. The first-order valence-electron chi connectivity index (χ1n) is 4.35. The number of carbonyl (C=O) groups is 1. The van der Waals surface area contributed by atoms with Gasteiger partial charge in [-0.1, -0.05) is 6.07 Å². The lowest BCUT2D eigenvalue weighted by Gasteiger charge is -2.08. The smallest absolute Gasteiger partial charge is 0.342 e. The monoisotopic (exact) mass is 226 g/mol. The van der Waals surface area contributed by atoms with E-state index in [1.807, 2.05) is 0 Å². The number of nitro groups is 1. The summed E-state index contributed by atoms with van der Waals surface area (Å²) in [6, 6.07) is 2.74. The Bertz CT molecular complexity index is 432. The van der Waals surface area contributed by atoms with Gasteiger partial charge in [-0.15, -0.1) is 0 Å². The van der Waals surface area contributed by atoms with Crippen molar-refractivity contribution in [2.75, 3.05) is 6.61 Å². The zero-order valence-corrected chi connectivity index (χ0v) is 8.16. The largest absolute Gasteiger partial charge is 0.477 e. The van der Waals surface area contributed by atoms with Gasteiger partial charge in [0.15, 0.2) is 0 Å². The molecule has 7 nitrogen and oxygen atoms in total. The molecule has 0 spiro atoms. The molecule has 0 bridgehead atoms. The molecule has 0 saturated heterocycles. The number of aliphatic hydroxyl groups excluding tert-OH is 1. The molecule has 0 aromatic heterocycles. The maximum absolute atomic E-state index is 10.7. The third-order valence-electron chi connectivity index (χ3n) is 2.07. The van der Waals surface area contributed by atoms with E-state index in [4.69, 9.17) is 15.9 Å². The molecule has 1 rings (SSSR count). The topological polar surface area (TPSA) is 127 Å². The first-order chi connectivity index (χ1) is 7.47. The highest BCUT2D eigenvalue weighted by Crippen LogP contribution is 2.23. The Morgan fingerprint density at radius 1 is 1.56 bits per heavy atom.